The smallest absolute Gasteiger partial charge is 0.260 e. The standard InChI is InChI=1S/C18H15ClI2N2O2S/c1-9-5-11(19)3-4-14(9)22-18-23-17(24)15(26-18)8-10-6-12(20)16(25-2)13(21)7-10/h3-8,18,22H,1-2H3,(H,23,24)/b15-8-. The zero-order valence-corrected chi connectivity index (χ0v) is 19.8. The van der Waals surface area contributed by atoms with E-state index in [2.05, 4.69) is 55.8 Å². The molecule has 1 saturated heterocycles. The Bertz CT molecular complexity index is 882. The van der Waals surface area contributed by atoms with Crippen molar-refractivity contribution in [2.45, 2.75) is 12.4 Å². The molecule has 3 rings (SSSR count). The van der Waals surface area contributed by atoms with Crippen molar-refractivity contribution in [1.29, 1.82) is 0 Å². The first kappa shape index (κ1) is 20.1. The monoisotopic (exact) mass is 612 g/mol. The Morgan fingerprint density at radius 3 is 2.58 bits per heavy atom. The first-order chi connectivity index (χ1) is 12.4. The molecule has 2 aromatic rings. The van der Waals surface area contributed by atoms with E-state index in [1.165, 1.54) is 11.8 Å². The quantitative estimate of drug-likeness (QED) is 0.356. The molecule has 1 fully saturated rings. The van der Waals surface area contributed by atoms with Crippen molar-refractivity contribution in [2.24, 2.45) is 0 Å². The van der Waals surface area contributed by atoms with Crippen LogP contribution in [0, 0.1) is 14.1 Å². The summed E-state index contributed by atoms with van der Waals surface area (Å²) in [5.41, 5.74) is 2.73. The minimum Gasteiger partial charge on any atom is -0.495 e. The highest BCUT2D eigenvalue weighted by molar-refractivity contribution is 14.1. The topological polar surface area (TPSA) is 50.4 Å². The van der Waals surface area contributed by atoms with E-state index in [-0.39, 0.29) is 11.4 Å². The summed E-state index contributed by atoms with van der Waals surface area (Å²) in [5.74, 6) is 0.773. The number of carbonyl (C=O) groups excluding carboxylic acids is 1. The van der Waals surface area contributed by atoms with Crippen LogP contribution < -0.4 is 15.4 Å². The van der Waals surface area contributed by atoms with Gasteiger partial charge >= 0.3 is 0 Å². The maximum atomic E-state index is 12.3. The molecule has 1 aliphatic rings. The third-order valence-electron chi connectivity index (χ3n) is 3.73. The molecule has 0 spiro atoms. The van der Waals surface area contributed by atoms with Gasteiger partial charge in [0.1, 0.15) is 5.75 Å². The van der Waals surface area contributed by atoms with Crippen LogP contribution in [0.4, 0.5) is 5.69 Å². The molecular weight excluding hydrogens is 598 g/mol. The number of halogens is 3. The molecule has 8 heteroatoms. The molecule has 0 aromatic heterocycles. The zero-order chi connectivity index (χ0) is 18.8. The maximum absolute atomic E-state index is 12.3. The number of hydrogen-bond acceptors (Lipinski definition) is 4. The molecule has 2 N–H and O–H groups in total. The van der Waals surface area contributed by atoms with Crippen molar-refractivity contribution in [3.05, 3.63) is 58.5 Å². The summed E-state index contributed by atoms with van der Waals surface area (Å²) in [6.45, 7) is 1.98. The van der Waals surface area contributed by atoms with E-state index >= 15 is 0 Å². The van der Waals surface area contributed by atoms with Gasteiger partial charge in [-0.3, -0.25) is 4.79 Å². The minimum absolute atomic E-state index is 0.0834. The lowest BCUT2D eigenvalue weighted by molar-refractivity contribution is -0.116. The van der Waals surface area contributed by atoms with Gasteiger partial charge in [0.25, 0.3) is 5.91 Å². The summed E-state index contributed by atoms with van der Waals surface area (Å²) < 4.78 is 7.41. The zero-order valence-electron chi connectivity index (χ0n) is 13.9. The molecule has 26 heavy (non-hydrogen) atoms. The van der Waals surface area contributed by atoms with E-state index in [0.717, 1.165) is 29.7 Å². The maximum Gasteiger partial charge on any atom is 0.260 e. The summed E-state index contributed by atoms with van der Waals surface area (Å²) >= 11 is 11.9. The van der Waals surface area contributed by atoms with Crippen LogP contribution in [-0.4, -0.2) is 18.5 Å². The Labute approximate surface area is 188 Å². The Balaban J connectivity index is 1.78. The highest BCUT2D eigenvalue weighted by Gasteiger charge is 2.27. The number of hydrogen-bond donors (Lipinski definition) is 2. The van der Waals surface area contributed by atoms with Gasteiger partial charge in [-0.05, 0) is 99.6 Å². The number of benzene rings is 2. The predicted octanol–water partition coefficient (Wildman–Crippen LogP) is 5.47. The minimum atomic E-state index is -0.218. The fourth-order valence-corrected chi connectivity index (χ4v) is 5.96. The van der Waals surface area contributed by atoms with Gasteiger partial charge in [-0.1, -0.05) is 23.4 Å². The molecule has 1 atom stereocenters. The Kier molecular flexibility index (Phi) is 6.63. The third kappa shape index (κ3) is 4.60. The molecule has 0 saturated carbocycles. The van der Waals surface area contributed by atoms with Crippen molar-refractivity contribution < 1.29 is 9.53 Å². The van der Waals surface area contributed by atoms with Gasteiger partial charge < -0.3 is 15.4 Å². The molecule has 0 radical (unpaired) electrons. The van der Waals surface area contributed by atoms with Crippen molar-refractivity contribution in [3.63, 3.8) is 0 Å². The number of anilines is 1. The van der Waals surface area contributed by atoms with Crippen molar-refractivity contribution in [2.75, 3.05) is 12.4 Å². The number of thioether (sulfide) groups is 1. The van der Waals surface area contributed by atoms with Gasteiger partial charge in [0.05, 0.1) is 19.2 Å². The number of ether oxygens (including phenoxy) is 1. The third-order valence-corrected chi connectivity index (χ3v) is 6.59. The second-order valence-corrected chi connectivity index (χ2v) is 9.51. The lowest BCUT2D eigenvalue weighted by Gasteiger charge is -2.15. The van der Waals surface area contributed by atoms with Crippen LogP contribution in [0.25, 0.3) is 6.08 Å². The lowest BCUT2D eigenvalue weighted by atomic mass is 10.2. The first-order valence-electron chi connectivity index (χ1n) is 7.62. The highest BCUT2D eigenvalue weighted by atomic mass is 127. The normalized spacial score (nSPS) is 18.1. The SMILES string of the molecule is COc1c(I)cc(/C=C2\SC(Nc3ccc(Cl)cc3C)NC2=O)cc1I. The summed E-state index contributed by atoms with van der Waals surface area (Å²) in [6.07, 6.45) is 1.90. The highest BCUT2D eigenvalue weighted by Crippen LogP contribution is 2.34. The van der Waals surface area contributed by atoms with Crippen LogP contribution in [0.5, 0.6) is 5.75 Å². The van der Waals surface area contributed by atoms with Crippen molar-refractivity contribution in [1.82, 2.24) is 5.32 Å². The number of rotatable bonds is 4. The molecule has 0 aliphatic carbocycles. The van der Waals surface area contributed by atoms with E-state index in [0.29, 0.717) is 9.93 Å². The summed E-state index contributed by atoms with van der Waals surface area (Å²) in [7, 11) is 1.66. The van der Waals surface area contributed by atoms with Crippen LogP contribution in [-0.2, 0) is 4.79 Å². The van der Waals surface area contributed by atoms with E-state index in [1.54, 1.807) is 7.11 Å². The first-order valence-corrected chi connectivity index (χ1v) is 11.0. The van der Waals surface area contributed by atoms with Crippen molar-refractivity contribution >= 4 is 86.2 Å². The van der Waals surface area contributed by atoms with Crippen LogP contribution in [0.3, 0.4) is 0 Å². The Hall–Kier alpha value is -0.650. The second-order valence-electron chi connectivity index (χ2n) is 5.60. The molecule has 1 unspecified atom stereocenters. The average molecular weight is 613 g/mol. The number of aryl methyl sites for hydroxylation is 1. The lowest BCUT2D eigenvalue weighted by Crippen LogP contribution is -2.31. The van der Waals surface area contributed by atoms with Gasteiger partial charge in [0.15, 0.2) is 5.50 Å². The van der Waals surface area contributed by atoms with E-state index < -0.39 is 0 Å². The average Bonchev–Trinajstić information content (AvgIpc) is 2.89. The molecule has 136 valence electrons. The van der Waals surface area contributed by atoms with Crippen LogP contribution in [0.1, 0.15) is 11.1 Å². The van der Waals surface area contributed by atoms with E-state index in [9.17, 15) is 4.79 Å². The molecule has 0 bridgehead atoms. The Morgan fingerprint density at radius 2 is 1.96 bits per heavy atom. The molecule has 1 heterocycles. The molecular formula is C18H15ClI2N2O2S. The van der Waals surface area contributed by atoms with Gasteiger partial charge in [0.2, 0.25) is 0 Å². The van der Waals surface area contributed by atoms with Crippen LogP contribution in [0.2, 0.25) is 5.02 Å². The predicted molar refractivity (Wildman–Crippen MR) is 126 cm³/mol. The van der Waals surface area contributed by atoms with Gasteiger partial charge in [-0.15, -0.1) is 0 Å². The summed E-state index contributed by atoms with van der Waals surface area (Å²) in [6, 6.07) is 9.65. The van der Waals surface area contributed by atoms with Crippen LogP contribution >= 0.6 is 68.5 Å². The van der Waals surface area contributed by atoms with Crippen LogP contribution in [0.15, 0.2) is 35.2 Å². The Morgan fingerprint density at radius 1 is 1.27 bits per heavy atom. The fraction of sp³-hybridized carbons (Fsp3) is 0.167. The number of carbonyl (C=O) groups is 1. The summed E-state index contributed by atoms with van der Waals surface area (Å²) in [4.78, 5) is 13.0. The second kappa shape index (κ2) is 8.57. The van der Waals surface area contributed by atoms with Gasteiger partial charge in [-0.25, -0.2) is 0 Å². The summed E-state index contributed by atoms with van der Waals surface area (Å²) in [5, 5.41) is 6.98. The van der Waals surface area contributed by atoms with E-state index in [4.69, 9.17) is 16.3 Å². The van der Waals surface area contributed by atoms with Crippen molar-refractivity contribution in [3.8, 4) is 5.75 Å². The van der Waals surface area contributed by atoms with Gasteiger partial charge in [-0.2, -0.15) is 0 Å². The number of methoxy groups -OCH3 is 1. The number of amides is 1. The molecule has 2 aromatic carbocycles. The fourth-order valence-electron chi connectivity index (χ4n) is 2.50. The van der Waals surface area contributed by atoms with Gasteiger partial charge in [0, 0.05) is 10.7 Å². The number of nitrogens with one attached hydrogen (secondary N) is 2. The molecule has 4 nitrogen and oxygen atoms in total. The van der Waals surface area contributed by atoms with E-state index in [1.807, 2.05) is 43.3 Å². The molecule has 1 amide bonds. The largest absolute Gasteiger partial charge is 0.495 e. The molecule has 1 aliphatic heterocycles.